The minimum Gasteiger partial charge on any atom is -0.493 e. The number of rotatable bonds is 9. The van der Waals surface area contributed by atoms with E-state index in [9.17, 15) is 0 Å². The van der Waals surface area contributed by atoms with Crippen molar-refractivity contribution >= 4 is 17.3 Å². The van der Waals surface area contributed by atoms with Gasteiger partial charge in [0.25, 0.3) is 0 Å². The Morgan fingerprint density at radius 3 is 2.65 bits per heavy atom. The standard InChI is InChI=1S/C20H29N3O2S/c1-5-25-19-13-16(9-11-18(19)24-4)7-6-12-22-20(21-3)23-14-17-10-8-15(2)26-17/h8-11,13H,5-7,12,14H2,1-4H3,(H2,21,22,23). The molecule has 0 saturated carbocycles. The van der Waals surface area contributed by atoms with E-state index in [-0.39, 0.29) is 0 Å². The van der Waals surface area contributed by atoms with Gasteiger partial charge in [0.05, 0.1) is 20.3 Å². The van der Waals surface area contributed by atoms with E-state index in [2.05, 4.69) is 46.8 Å². The van der Waals surface area contributed by atoms with Crippen LogP contribution in [0.2, 0.25) is 0 Å². The van der Waals surface area contributed by atoms with Gasteiger partial charge in [-0.05, 0) is 56.5 Å². The highest BCUT2D eigenvalue weighted by Gasteiger charge is 2.05. The summed E-state index contributed by atoms with van der Waals surface area (Å²) in [5.41, 5.74) is 1.24. The normalized spacial score (nSPS) is 11.3. The van der Waals surface area contributed by atoms with E-state index in [0.29, 0.717) is 6.61 Å². The summed E-state index contributed by atoms with van der Waals surface area (Å²) in [6, 6.07) is 10.4. The number of hydrogen-bond donors (Lipinski definition) is 2. The number of ether oxygens (including phenoxy) is 2. The van der Waals surface area contributed by atoms with Crippen LogP contribution < -0.4 is 20.1 Å². The average molecular weight is 376 g/mol. The van der Waals surface area contributed by atoms with Crippen molar-refractivity contribution in [2.24, 2.45) is 4.99 Å². The molecule has 0 aliphatic carbocycles. The Morgan fingerprint density at radius 2 is 2.00 bits per heavy atom. The lowest BCUT2D eigenvalue weighted by Crippen LogP contribution is -2.37. The molecule has 6 heteroatoms. The van der Waals surface area contributed by atoms with Gasteiger partial charge in [0.15, 0.2) is 17.5 Å². The van der Waals surface area contributed by atoms with Crippen LogP contribution in [0.5, 0.6) is 11.5 Å². The van der Waals surface area contributed by atoms with Crippen molar-refractivity contribution in [3.63, 3.8) is 0 Å². The molecule has 1 aromatic carbocycles. The fraction of sp³-hybridized carbons (Fsp3) is 0.450. The molecule has 26 heavy (non-hydrogen) atoms. The van der Waals surface area contributed by atoms with Crippen LogP contribution in [0.25, 0.3) is 0 Å². The Kier molecular flexibility index (Phi) is 8.28. The minimum atomic E-state index is 0.632. The third kappa shape index (κ3) is 6.26. The van der Waals surface area contributed by atoms with E-state index < -0.39 is 0 Å². The molecule has 0 unspecified atom stereocenters. The number of methoxy groups -OCH3 is 1. The Labute approximate surface area is 160 Å². The van der Waals surface area contributed by atoms with E-state index in [1.54, 1.807) is 25.5 Å². The second-order valence-corrected chi connectivity index (χ2v) is 7.26. The highest BCUT2D eigenvalue weighted by atomic mass is 32.1. The molecule has 1 heterocycles. The lowest BCUT2D eigenvalue weighted by Gasteiger charge is -2.12. The van der Waals surface area contributed by atoms with Gasteiger partial charge in [0.2, 0.25) is 0 Å². The third-order valence-corrected chi connectivity index (χ3v) is 4.91. The molecule has 0 aliphatic heterocycles. The quantitative estimate of drug-likeness (QED) is 0.398. The zero-order valence-electron chi connectivity index (χ0n) is 16.1. The predicted octanol–water partition coefficient (Wildman–Crippen LogP) is 3.76. The summed E-state index contributed by atoms with van der Waals surface area (Å²) in [6.45, 7) is 6.39. The molecular weight excluding hydrogens is 346 g/mol. The number of nitrogens with zero attached hydrogens (tertiary/aromatic N) is 1. The van der Waals surface area contributed by atoms with Gasteiger partial charge < -0.3 is 20.1 Å². The Morgan fingerprint density at radius 1 is 1.15 bits per heavy atom. The van der Waals surface area contributed by atoms with Crippen LogP contribution >= 0.6 is 11.3 Å². The van der Waals surface area contributed by atoms with Crippen LogP contribution in [-0.4, -0.2) is 33.3 Å². The number of thiophene rings is 1. The zero-order valence-corrected chi connectivity index (χ0v) is 16.9. The second kappa shape index (κ2) is 10.7. The largest absolute Gasteiger partial charge is 0.493 e. The fourth-order valence-electron chi connectivity index (χ4n) is 2.62. The fourth-order valence-corrected chi connectivity index (χ4v) is 3.45. The highest BCUT2D eigenvalue weighted by molar-refractivity contribution is 7.11. The van der Waals surface area contributed by atoms with Crippen molar-refractivity contribution in [3.05, 3.63) is 45.6 Å². The second-order valence-electron chi connectivity index (χ2n) is 5.89. The van der Waals surface area contributed by atoms with Gasteiger partial charge in [-0.25, -0.2) is 0 Å². The van der Waals surface area contributed by atoms with Crippen LogP contribution in [0.4, 0.5) is 0 Å². The van der Waals surface area contributed by atoms with Gasteiger partial charge in [-0.2, -0.15) is 0 Å². The van der Waals surface area contributed by atoms with Gasteiger partial charge >= 0.3 is 0 Å². The first kappa shape index (κ1) is 20.1. The van der Waals surface area contributed by atoms with Crippen molar-refractivity contribution in [2.75, 3.05) is 27.3 Å². The van der Waals surface area contributed by atoms with Crippen LogP contribution in [0.1, 0.15) is 28.7 Å². The maximum atomic E-state index is 5.64. The highest BCUT2D eigenvalue weighted by Crippen LogP contribution is 2.28. The monoisotopic (exact) mass is 375 g/mol. The van der Waals surface area contributed by atoms with E-state index in [1.165, 1.54) is 15.3 Å². The number of hydrogen-bond acceptors (Lipinski definition) is 4. The molecule has 0 saturated heterocycles. The number of guanidine groups is 1. The van der Waals surface area contributed by atoms with E-state index >= 15 is 0 Å². The topological polar surface area (TPSA) is 54.9 Å². The van der Waals surface area contributed by atoms with Crippen molar-refractivity contribution in [3.8, 4) is 11.5 Å². The molecule has 0 fully saturated rings. The SMILES string of the molecule is CCOc1cc(CCCNC(=NC)NCc2ccc(C)s2)ccc1OC. The number of nitrogens with one attached hydrogen (secondary N) is 2. The number of aliphatic imine (C=N–C) groups is 1. The Balaban J connectivity index is 1.75. The molecule has 0 atom stereocenters. The Hall–Kier alpha value is -2.21. The van der Waals surface area contributed by atoms with E-state index in [4.69, 9.17) is 9.47 Å². The predicted molar refractivity (Wildman–Crippen MR) is 110 cm³/mol. The van der Waals surface area contributed by atoms with Crippen molar-refractivity contribution in [2.45, 2.75) is 33.2 Å². The number of benzene rings is 1. The zero-order chi connectivity index (χ0) is 18.8. The molecule has 2 rings (SSSR count). The molecule has 0 bridgehead atoms. The van der Waals surface area contributed by atoms with E-state index in [1.807, 2.05) is 13.0 Å². The lowest BCUT2D eigenvalue weighted by molar-refractivity contribution is 0.310. The molecule has 2 N–H and O–H groups in total. The van der Waals surface area contributed by atoms with Crippen molar-refractivity contribution in [1.82, 2.24) is 10.6 Å². The minimum absolute atomic E-state index is 0.632. The summed E-state index contributed by atoms with van der Waals surface area (Å²) in [5, 5.41) is 6.72. The maximum absolute atomic E-state index is 5.64. The summed E-state index contributed by atoms with van der Waals surface area (Å²) in [4.78, 5) is 6.92. The molecule has 2 aromatic rings. The summed E-state index contributed by atoms with van der Waals surface area (Å²) in [7, 11) is 3.46. The first-order valence-electron chi connectivity index (χ1n) is 8.95. The average Bonchev–Trinajstić information content (AvgIpc) is 3.07. The molecule has 0 aliphatic rings. The van der Waals surface area contributed by atoms with Gasteiger partial charge in [-0.3, -0.25) is 4.99 Å². The van der Waals surface area contributed by atoms with Crippen molar-refractivity contribution in [1.29, 1.82) is 0 Å². The molecule has 0 spiro atoms. The first-order valence-corrected chi connectivity index (χ1v) is 9.77. The number of aryl methyl sites for hydroxylation is 2. The van der Waals surface area contributed by atoms with Gasteiger partial charge in [-0.1, -0.05) is 6.07 Å². The third-order valence-electron chi connectivity index (χ3n) is 3.91. The summed E-state index contributed by atoms with van der Waals surface area (Å²) < 4.78 is 11.0. The summed E-state index contributed by atoms with van der Waals surface area (Å²) in [5.74, 6) is 2.42. The molecule has 1 aromatic heterocycles. The van der Waals surface area contributed by atoms with Crippen LogP contribution in [0, 0.1) is 6.92 Å². The van der Waals surface area contributed by atoms with Crippen LogP contribution in [0.3, 0.4) is 0 Å². The van der Waals surface area contributed by atoms with Crippen molar-refractivity contribution < 1.29 is 9.47 Å². The van der Waals surface area contributed by atoms with Crippen LogP contribution in [0.15, 0.2) is 35.3 Å². The molecule has 0 radical (unpaired) electrons. The van der Waals surface area contributed by atoms with Gasteiger partial charge in [-0.15, -0.1) is 11.3 Å². The smallest absolute Gasteiger partial charge is 0.191 e. The summed E-state index contributed by atoms with van der Waals surface area (Å²) >= 11 is 1.81. The molecular formula is C20H29N3O2S. The lowest BCUT2D eigenvalue weighted by atomic mass is 10.1. The van der Waals surface area contributed by atoms with Gasteiger partial charge in [0, 0.05) is 23.3 Å². The maximum Gasteiger partial charge on any atom is 0.191 e. The molecule has 5 nitrogen and oxygen atoms in total. The molecule has 0 amide bonds. The van der Waals surface area contributed by atoms with Crippen LogP contribution in [-0.2, 0) is 13.0 Å². The van der Waals surface area contributed by atoms with E-state index in [0.717, 1.165) is 43.4 Å². The van der Waals surface area contributed by atoms with Gasteiger partial charge in [0.1, 0.15) is 0 Å². The molecule has 142 valence electrons. The summed E-state index contributed by atoms with van der Waals surface area (Å²) in [6.07, 6.45) is 1.98. The first-order chi connectivity index (χ1) is 12.7. The Bertz CT molecular complexity index is 713.